The van der Waals surface area contributed by atoms with E-state index in [0.717, 1.165) is 34.8 Å². The monoisotopic (exact) mass is 370 g/mol. The highest BCUT2D eigenvalue weighted by Gasteiger charge is 2.41. The maximum absolute atomic E-state index is 6.42. The van der Waals surface area contributed by atoms with E-state index in [1.54, 1.807) is 7.11 Å². The predicted molar refractivity (Wildman–Crippen MR) is 110 cm³/mol. The SMILES string of the molecule is COc1ccccc1[C@@H]1Oc2ccccc2[C@@H]2CC(c3ccc(C)cc3)=NN21. The third-order valence-corrected chi connectivity index (χ3v) is 5.49. The van der Waals surface area contributed by atoms with Crippen LogP contribution in [0, 0.1) is 6.92 Å². The van der Waals surface area contributed by atoms with Crippen LogP contribution in [-0.4, -0.2) is 17.8 Å². The summed E-state index contributed by atoms with van der Waals surface area (Å²) in [4.78, 5) is 0. The molecule has 3 aromatic rings. The van der Waals surface area contributed by atoms with Crippen LogP contribution in [0.2, 0.25) is 0 Å². The molecule has 0 unspecified atom stereocenters. The smallest absolute Gasteiger partial charge is 0.217 e. The summed E-state index contributed by atoms with van der Waals surface area (Å²) in [6.07, 6.45) is 0.536. The minimum Gasteiger partial charge on any atom is -0.496 e. The topological polar surface area (TPSA) is 34.1 Å². The highest BCUT2D eigenvalue weighted by atomic mass is 16.5. The van der Waals surface area contributed by atoms with E-state index in [-0.39, 0.29) is 12.3 Å². The van der Waals surface area contributed by atoms with Crippen LogP contribution in [-0.2, 0) is 0 Å². The molecule has 140 valence electrons. The van der Waals surface area contributed by atoms with E-state index in [9.17, 15) is 0 Å². The molecule has 0 saturated carbocycles. The summed E-state index contributed by atoms with van der Waals surface area (Å²) in [7, 11) is 1.69. The third kappa shape index (κ3) is 2.73. The summed E-state index contributed by atoms with van der Waals surface area (Å²) in [6.45, 7) is 2.10. The largest absolute Gasteiger partial charge is 0.496 e. The summed E-state index contributed by atoms with van der Waals surface area (Å²) in [5.74, 6) is 1.73. The Morgan fingerprint density at radius 3 is 2.43 bits per heavy atom. The van der Waals surface area contributed by atoms with Crippen LogP contribution in [0.4, 0.5) is 0 Å². The van der Waals surface area contributed by atoms with Crippen LogP contribution in [0.5, 0.6) is 11.5 Å². The summed E-state index contributed by atoms with van der Waals surface area (Å²) >= 11 is 0. The minimum absolute atomic E-state index is 0.149. The quantitative estimate of drug-likeness (QED) is 0.632. The van der Waals surface area contributed by atoms with Gasteiger partial charge >= 0.3 is 0 Å². The second-order valence-corrected chi connectivity index (χ2v) is 7.26. The van der Waals surface area contributed by atoms with Crippen LogP contribution >= 0.6 is 0 Å². The van der Waals surface area contributed by atoms with Gasteiger partial charge in [0, 0.05) is 12.0 Å². The molecule has 4 heteroatoms. The van der Waals surface area contributed by atoms with Crippen LogP contribution in [0.15, 0.2) is 77.9 Å². The van der Waals surface area contributed by atoms with Gasteiger partial charge in [-0.15, -0.1) is 0 Å². The fraction of sp³-hybridized carbons (Fsp3) is 0.208. The van der Waals surface area contributed by atoms with Gasteiger partial charge < -0.3 is 9.47 Å². The van der Waals surface area contributed by atoms with E-state index in [4.69, 9.17) is 14.6 Å². The first-order valence-corrected chi connectivity index (χ1v) is 9.56. The summed E-state index contributed by atoms with van der Waals surface area (Å²) in [5, 5.41) is 7.10. The molecule has 2 heterocycles. The van der Waals surface area contributed by atoms with Crippen LogP contribution in [0.25, 0.3) is 0 Å². The molecule has 4 nitrogen and oxygen atoms in total. The molecular weight excluding hydrogens is 348 g/mol. The van der Waals surface area contributed by atoms with Crippen molar-refractivity contribution in [2.75, 3.05) is 7.11 Å². The number of rotatable bonds is 3. The zero-order chi connectivity index (χ0) is 19.1. The van der Waals surface area contributed by atoms with Gasteiger partial charge in [-0.25, -0.2) is 5.01 Å². The number of hydrogen-bond donors (Lipinski definition) is 0. The van der Waals surface area contributed by atoms with Gasteiger partial charge in [-0.1, -0.05) is 60.2 Å². The van der Waals surface area contributed by atoms with Crippen molar-refractivity contribution in [1.29, 1.82) is 0 Å². The van der Waals surface area contributed by atoms with Gasteiger partial charge in [0.1, 0.15) is 11.5 Å². The molecular formula is C24H22N2O2. The maximum Gasteiger partial charge on any atom is 0.217 e. The lowest BCUT2D eigenvalue weighted by Gasteiger charge is -2.38. The van der Waals surface area contributed by atoms with Crippen molar-refractivity contribution in [2.45, 2.75) is 25.6 Å². The average Bonchev–Trinajstić information content (AvgIpc) is 3.19. The first-order valence-electron chi connectivity index (χ1n) is 9.56. The Kier molecular flexibility index (Phi) is 4.05. The van der Waals surface area contributed by atoms with E-state index < -0.39 is 0 Å². The van der Waals surface area contributed by atoms with E-state index in [1.165, 1.54) is 11.1 Å². The number of hydrazone groups is 1. The lowest BCUT2D eigenvalue weighted by molar-refractivity contribution is -0.0203. The lowest BCUT2D eigenvalue weighted by Crippen LogP contribution is -2.33. The summed E-state index contributed by atoms with van der Waals surface area (Å²) in [6, 6.07) is 25.0. The number of aryl methyl sites for hydroxylation is 1. The molecule has 0 aromatic heterocycles. The number of benzene rings is 3. The van der Waals surface area contributed by atoms with Crippen molar-refractivity contribution in [2.24, 2.45) is 5.10 Å². The van der Waals surface area contributed by atoms with Crippen molar-refractivity contribution in [3.05, 3.63) is 95.1 Å². The molecule has 0 fully saturated rings. The molecule has 0 amide bonds. The van der Waals surface area contributed by atoms with Gasteiger partial charge in [-0.05, 0) is 30.7 Å². The predicted octanol–water partition coefficient (Wildman–Crippen LogP) is 5.25. The molecule has 28 heavy (non-hydrogen) atoms. The van der Waals surface area contributed by atoms with Crippen molar-refractivity contribution in [1.82, 2.24) is 5.01 Å². The molecule has 3 aromatic carbocycles. The Bertz CT molecular complexity index is 1040. The highest BCUT2D eigenvalue weighted by Crippen LogP contribution is 2.48. The van der Waals surface area contributed by atoms with E-state index in [0.29, 0.717) is 0 Å². The standard InChI is InChI=1S/C24H22N2O2/c1-16-11-13-17(14-12-16)20-15-21-18-7-3-6-10-23(18)28-24(26(21)25-20)19-8-4-5-9-22(19)27-2/h3-14,21,24H,15H2,1-2H3/t21-,24-/m0/s1. The Balaban J connectivity index is 1.61. The highest BCUT2D eigenvalue weighted by molar-refractivity contribution is 6.02. The Labute approximate surface area is 165 Å². The Morgan fingerprint density at radius 2 is 1.64 bits per heavy atom. The van der Waals surface area contributed by atoms with Crippen LogP contribution in [0.1, 0.15) is 40.9 Å². The summed E-state index contributed by atoms with van der Waals surface area (Å²) in [5.41, 5.74) is 5.67. The first-order chi connectivity index (χ1) is 13.7. The van der Waals surface area contributed by atoms with Crippen LogP contribution in [0.3, 0.4) is 0 Å². The van der Waals surface area contributed by atoms with Gasteiger partial charge in [0.25, 0.3) is 0 Å². The number of hydrogen-bond acceptors (Lipinski definition) is 4. The average molecular weight is 370 g/mol. The molecule has 0 N–H and O–H groups in total. The zero-order valence-corrected chi connectivity index (χ0v) is 16.0. The molecule has 2 atom stereocenters. The Morgan fingerprint density at radius 1 is 0.929 bits per heavy atom. The number of para-hydroxylation sites is 2. The van der Waals surface area contributed by atoms with Gasteiger partial charge in [-0.2, -0.15) is 5.10 Å². The van der Waals surface area contributed by atoms with E-state index in [2.05, 4.69) is 48.3 Å². The van der Waals surface area contributed by atoms with Crippen molar-refractivity contribution >= 4 is 5.71 Å². The van der Waals surface area contributed by atoms with Crippen molar-refractivity contribution in [3.63, 3.8) is 0 Å². The van der Waals surface area contributed by atoms with Crippen molar-refractivity contribution in [3.8, 4) is 11.5 Å². The van der Waals surface area contributed by atoms with Gasteiger partial charge in [0.05, 0.1) is 24.4 Å². The molecule has 0 saturated heterocycles. The minimum atomic E-state index is -0.320. The zero-order valence-electron chi connectivity index (χ0n) is 16.0. The molecule has 5 rings (SSSR count). The van der Waals surface area contributed by atoms with E-state index in [1.807, 2.05) is 36.4 Å². The molecule has 0 radical (unpaired) electrons. The first kappa shape index (κ1) is 16.9. The van der Waals surface area contributed by atoms with Gasteiger partial charge in [0.2, 0.25) is 6.23 Å². The molecule has 0 spiro atoms. The second-order valence-electron chi connectivity index (χ2n) is 7.26. The fourth-order valence-corrected chi connectivity index (χ4v) is 4.03. The number of methoxy groups -OCH3 is 1. The Hall–Kier alpha value is -3.27. The molecule has 2 aliphatic heterocycles. The molecule has 0 bridgehead atoms. The maximum atomic E-state index is 6.42. The summed E-state index contributed by atoms with van der Waals surface area (Å²) < 4.78 is 12.0. The second kappa shape index (κ2) is 6.71. The van der Waals surface area contributed by atoms with Crippen LogP contribution < -0.4 is 9.47 Å². The number of fused-ring (bicyclic) bond motifs is 3. The normalized spacial score (nSPS) is 20.1. The van der Waals surface area contributed by atoms with Gasteiger partial charge in [-0.3, -0.25) is 0 Å². The van der Waals surface area contributed by atoms with Gasteiger partial charge in [0.15, 0.2) is 0 Å². The number of ether oxygens (including phenoxy) is 2. The van der Waals surface area contributed by atoms with E-state index >= 15 is 0 Å². The molecule has 0 aliphatic carbocycles. The molecule has 2 aliphatic rings. The fourth-order valence-electron chi connectivity index (χ4n) is 4.03. The number of nitrogens with zero attached hydrogens (tertiary/aromatic N) is 2. The lowest BCUT2D eigenvalue weighted by atomic mass is 9.95. The van der Waals surface area contributed by atoms with Crippen molar-refractivity contribution < 1.29 is 9.47 Å². The third-order valence-electron chi connectivity index (χ3n) is 5.49.